The minimum atomic E-state index is -3.47. The lowest BCUT2D eigenvalue weighted by molar-refractivity contribution is 0.275. The topological polar surface area (TPSA) is 84.0 Å². The standard InChI is InChI=1S/C9H10N3O3P/c1-14-16(13,15-2)12-11-9-5-3-8(7-10)4-6-9/h3-6H,1-2H3. The van der Waals surface area contributed by atoms with Crippen LogP contribution in [0.25, 0.3) is 0 Å². The van der Waals surface area contributed by atoms with Gasteiger partial charge in [0, 0.05) is 14.2 Å². The summed E-state index contributed by atoms with van der Waals surface area (Å²) in [7, 11) is -1.02. The van der Waals surface area contributed by atoms with Crippen molar-refractivity contribution >= 4 is 13.4 Å². The molecule has 0 aliphatic rings. The van der Waals surface area contributed by atoms with Gasteiger partial charge in [-0.25, -0.2) is 4.57 Å². The number of nitriles is 1. The van der Waals surface area contributed by atoms with E-state index >= 15 is 0 Å². The van der Waals surface area contributed by atoms with Crippen LogP contribution in [0.5, 0.6) is 0 Å². The lowest BCUT2D eigenvalue weighted by atomic mass is 10.2. The number of hydrogen-bond acceptors (Lipinski definition) is 5. The van der Waals surface area contributed by atoms with Crippen molar-refractivity contribution in [2.45, 2.75) is 0 Å². The van der Waals surface area contributed by atoms with Gasteiger partial charge in [-0.15, -0.1) is 5.11 Å². The summed E-state index contributed by atoms with van der Waals surface area (Å²) in [6.45, 7) is 0. The van der Waals surface area contributed by atoms with Crippen LogP contribution in [0.2, 0.25) is 0 Å². The van der Waals surface area contributed by atoms with E-state index in [9.17, 15) is 4.57 Å². The number of benzene rings is 1. The quantitative estimate of drug-likeness (QED) is 0.597. The molecule has 0 heterocycles. The Labute approximate surface area is 93.1 Å². The summed E-state index contributed by atoms with van der Waals surface area (Å²) in [5, 5.41) is 12.3. The smallest absolute Gasteiger partial charge is 0.293 e. The zero-order chi connectivity index (χ0) is 12.0. The van der Waals surface area contributed by atoms with Crippen molar-refractivity contribution in [3.05, 3.63) is 29.8 Å². The van der Waals surface area contributed by atoms with Crippen LogP contribution in [0.15, 0.2) is 34.3 Å². The summed E-state index contributed by atoms with van der Waals surface area (Å²) in [5.41, 5.74) is 0.981. The monoisotopic (exact) mass is 239 g/mol. The maximum absolute atomic E-state index is 11.5. The van der Waals surface area contributed by atoms with Crippen LogP contribution in [0.3, 0.4) is 0 Å². The molecule has 0 aliphatic carbocycles. The van der Waals surface area contributed by atoms with E-state index in [2.05, 4.69) is 19.0 Å². The Morgan fingerprint density at radius 1 is 1.25 bits per heavy atom. The minimum absolute atomic E-state index is 0.466. The molecule has 0 atom stereocenters. The van der Waals surface area contributed by atoms with Crippen molar-refractivity contribution in [2.24, 2.45) is 10.00 Å². The molecule has 1 rings (SSSR count). The zero-order valence-corrected chi connectivity index (χ0v) is 9.72. The highest BCUT2D eigenvalue weighted by molar-refractivity contribution is 7.52. The second-order valence-corrected chi connectivity index (χ2v) is 4.53. The fourth-order valence-electron chi connectivity index (χ4n) is 0.857. The van der Waals surface area contributed by atoms with Gasteiger partial charge >= 0.3 is 7.75 Å². The first-order chi connectivity index (χ1) is 7.63. The summed E-state index contributed by atoms with van der Waals surface area (Å²) in [6, 6.07) is 8.30. The van der Waals surface area contributed by atoms with Crippen molar-refractivity contribution in [3.63, 3.8) is 0 Å². The first-order valence-electron chi connectivity index (χ1n) is 4.28. The number of hydrogen-bond donors (Lipinski definition) is 0. The van der Waals surface area contributed by atoms with Gasteiger partial charge in [-0.05, 0) is 24.3 Å². The van der Waals surface area contributed by atoms with Crippen molar-refractivity contribution in [3.8, 4) is 6.07 Å². The summed E-state index contributed by atoms with van der Waals surface area (Å²) in [4.78, 5) is 3.47. The van der Waals surface area contributed by atoms with E-state index in [0.29, 0.717) is 11.3 Å². The SMILES string of the molecule is COP(=O)(N=Nc1ccc(C#N)cc1)OC. The molecule has 0 fully saturated rings. The molecule has 0 aromatic heterocycles. The van der Waals surface area contributed by atoms with E-state index in [1.54, 1.807) is 24.3 Å². The first kappa shape index (κ1) is 12.5. The van der Waals surface area contributed by atoms with Crippen LogP contribution >= 0.6 is 7.75 Å². The highest BCUT2D eigenvalue weighted by Crippen LogP contribution is 2.48. The second-order valence-electron chi connectivity index (χ2n) is 2.68. The third kappa shape index (κ3) is 3.24. The predicted octanol–water partition coefficient (Wildman–Crippen LogP) is 3.04. The molecule has 0 unspecified atom stereocenters. The van der Waals surface area contributed by atoms with Gasteiger partial charge in [0.1, 0.15) is 0 Å². The van der Waals surface area contributed by atoms with E-state index < -0.39 is 7.75 Å². The Morgan fingerprint density at radius 2 is 1.81 bits per heavy atom. The highest BCUT2D eigenvalue weighted by Gasteiger charge is 2.19. The molecular formula is C9H10N3O3P. The molecule has 16 heavy (non-hydrogen) atoms. The third-order valence-corrected chi connectivity index (χ3v) is 2.96. The largest absolute Gasteiger partial charge is 0.471 e. The van der Waals surface area contributed by atoms with Gasteiger partial charge in [0.15, 0.2) is 0 Å². The Hall–Kier alpha value is -1.54. The molecule has 0 saturated heterocycles. The van der Waals surface area contributed by atoms with Crippen molar-refractivity contribution in [1.29, 1.82) is 5.26 Å². The minimum Gasteiger partial charge on any atom is -0.293 e. The molecule has 6 nitrogen and oxygen atoms in total. The van der Waals surface area contributed by atoms with Crippen LogP contribution in [0, 0.1) is 11.3 Å². The van der Waals surface area contributed by atoms with Gasteiger partial charge in [-0.2, -0.15) is 5.26 Å². The molecule has 0 saturated carbocycles. The van der Waals surface area contributed by atoms with Gasteiger partial charge < -0.3 is 0 Å². The van der Waals surface area contributed by atoms with Crippen molar-refractivity contribution in [1.82, 2.24) is 0 Å². The van der Waals surface area contributed by atoms with Crippen molar-refractivity contribution in [2.75, 3.05) is 14.2 Å². The third-order valence-electron chi connectivity index (χ3n) is 1.73. The maximum Gasteiger partial charge on any atom is 0.471 e. The molecule has 1 aromatic carbocycles. The maximum atomic E-state index is 11.5. The first-order valence-corrected chi connectivity index (χ1v) is 5.78. The molecule has 0 spiro atoms. The van der Waals surface area contributed by atoms with Crippen molar-refractivity contribution < 1.29 is 13.6 Å². The molecular weight excluding hydrogens is 229 g/mol. The van der Waals surface area contributed by atoms with E-state index in [0.717, 1.165) is 0 Å². The molecule has 0 radical (unpaired) electrons. The zero-order valence-electron chi connectivity index (χ0n) is 8.82. The van der Waals surface area contributed by atoms with Crippen LogP contribution in [0.4, 0.5) is 5.69 Å². The highest BCUT2D eigenvalue weighted by atomic mass is 31.2. The number of nitrogens with zero attached hydrogens (tertiary/aromatic N) is 3. The van der Waals surface area contributed by atoms with Gasteiger partial charge in [-0.1, -0.05) is 4.88 Å². The Bertz CT molecular complexity index is 456. The molecule has 0 bridgehead atoms. The normalized spacial score (nSPS) is 11.6. The van der Waals surface area contributed by atoms with E-state index in [1.807, 2.05) is 6.07 Å². The Morgan fingerprint density at radius 3 is 2.25 bits per heavy atom. The van der Waals surface area contributed by atoms with Crippen LogP contribution in [-0.4, -0.2) is 14.2 Å². The summed E-state index contributed by atoms with van der Waals surface area (Å²) in [6.07, 6.45) is 0. The lowest BCUT2D eigenvalue weighted by Crippen LogP contribution is -1.82. The number of rotatable bonds is 4. The van der Waals surface area contributed by atoms with E-state index in [1.165, 1.54) is 14.2 Å². The summed E-state index contributed by atoms with van der Waals surface area (Å²) < 4.78 is 20.6. The molecule has 0 N–H and O–H groups in total. The van der Waals surface area contributed by atoms with E-state index in [-0.39, 0.29) is 0 Å². The predicted molar refractivity (Wildman–Crippen MR) is 57.3 cm³/mol. The van der Waals surface area contributed by atoms with Crippen LogP contribution < -0.4 is 0 Å². The fourth-order valence-corrected chi connectivity index (χ4v) is 1.36. The molecule has 1 aromatic rings. The van der Waals surface area contributed by atoms with E-state index in [4.69, 9.17) is 5.26 Å². The van der Waals surface area contributed by atoms with Gasteiger partial charge in [0.05, 0.1) is 17.3 Å². The Kier molecular flexibility index (Phi) is 4.32. The van der Waals surface area contributed by atoms with Crippen LogP contribution in [-0.2, 0) is 13.6 Å². The Balaban J connectivity index is 2.85. The molecule has 7 heteroatoms. The van der Waals surface area contributed by atoms with Gasteiger partial charge in [0.2, 0.25) is 0 Å². The molecule has 0 amide bonds. The molecule has 84 valence electrons. The average Bonchev–Trinajstić information content (AvgIpc) is 2.36. The summed E-state index contributed by atoms with van der Waals surface area (Å²) >= 11 is 0. The molecule has 0 aliphatic heterocycles. The second kappa shape index (κ2) is 5.52. The van der Waals surface area contributed by atoms with Crippen LogP contribution in [0.1, 0.15) is 5.56 Å². The van der Waals surface area contributed by atoms with Gasteiger partial charge in [-0.3, -0.25) is 9.05 Å². The van der Waals surface area contributed by atoms with Gasteiger partial charge in [0.25, 0.3) is 0 Å². The lowest BCUT2D eigenvalue weighted by Gasteiger charge is -2.04. The fraction of sp³-hybridized carbons (Fsp3) is 0.222. The summed E-state index contributed by atoms with van der Waals surface area (Å²) in [5.74, 6) is 0. The average molecular weight is 239 g/mol.